The molecule has 1 aliphatic heterocycles. The van der Waals surface area contributed by atoms with Crippen molar-refractivity contribution in [1.29, 1.82) is 0 Å². The molecule has 0 saturated carbocycles. The molecule has 0 saturated heterocycles. The molecular formula is C25H18N8O2. The van der Waals surface area contributed by atoms with E-state index in [9.17, 15) is 4.79 Å². The van der Waals surface area contributed by atoms with Gasteiger partial charge in [-0.15, -0.1) is 15.3 Å². The molecule has 3 aromatic carbocycles. The van der Waals surface area contributed by atoms with Crippen molar-refractivity contribution in [2.45, 2.75) is 6.17 Å². The Morgan fingerprint density at radius 2 is 1.57 bits per heavy atom. The van der Waals surface area contributed by atoms with Gasteiger partial charge in [-0.25, -0.2) is 4.99 Å². The van der Waals surface area contributed by atoms with Crippen LogP contribution in [0.1, 0.15) is 11.1 Å². The van der Waals surface area contributed by atoms with Crippen molar-refractivity contribution >= 4 is 23.3 Å². The van der Waals surface area contributed by atoms with Crippen LogP contribution in [0.3, 0.4) is 0 Å². The predicted molar refractivity (Wildman–Crippen MR) is 129 cm³/mol. The van der Waals surface area contributed by atoms with Gasteiger partial charge in [0, 0.05) is 22.4 Å². The second-order valence-electron chi connectivity index (χ2n) is 7.75. The lowest BCUT2D eigenvalue weighted by atomic mass is 10.0. The number of hydrogen-bond donors (Lipinski definition) is 2. The monoisotopic (exact) mass is 462 g/mol. The van der Waals surface area contributed by atoms with Crippen LogP contribution in [0.15, 0.2) is 101 Å². The lowest BCUT2D eigenvalue weighted by Gasteiger charge is -2.11. The lowest BCUT2D eigenvalue weighted by Crippen LogP contribution is -2.32. The van der Waals surface area contributed by atoms with E-state index in [-0.39, 0.29) is 11.9 Å². The third kappa shape index (κ3) is 4.04. The normalized spacial score (nSPS) is 15.0. The topological polar surface area (TPSA) is 123 Å². The number of rotatable bonds is 5. The first kappa shape index (κ1) is 20.5. The van der Waals surface area contributed by atoms with E-state index in [2.05, 4.69) is 31.0 Å². The maximum atomic E-state index is 13.0. The number of anilines is 2. The van der Waals surface area contributed by atoms with E-state index >= 15 is 0 Å². The number of amides is 1. The van der Waals surface area contributed by atoms with Gasteiger partial charge in [-0.1, -0.05) is 53.6 Å². The van der Waals surface area contributed by atoms with Crippen LogP contribution in [-0.2, 0) is 4.79 Å². The summed E-state index contributed by atoms with van der Waals surface area (Å²) in [5, 5.41) is 21.7. The number of hydrogen-bond acceptors (Lipinski definition) is 8. The molecule has 10 heteroatoms. The van der Waals surface area contributed by atoms with Crippen LogP contribution in [0.4, 0.5) is 11.7 Å². The molecule has 1 amide bonds. The summed E-state index contributed by atoms with van der Waals surface area (Å²) < 4.78 is 7.58. The van der Waals surface area contributed by atoms with Crippen molar-refractivity contribution in [3.05, 3.63) is 103 Å². The summed E-state index contributed by atoms with van der Waals surface area (Å²) in [5.74, 6) is -0.0196. The van der Waals surface area contributed by atoms with E-state index in [1.54, 1.807) is 17.2 Å². The molecule has 3 heterocycles. The average molecular weight is 462 g/mol. The standard InChI is InChI=1S/C25H18N8O2/c34-23-22(29-21(16-6-2-1-3-7-16)19-8-4-5-9-20(19)28-23)30-25-32-31-24(35-25)17-10-12-18(13-11-17)33-14-26-27-15-33/h1-15,22H,(H,28,34)(H,30,32). The average Bonchev–Trinajstić information content (AvgIpc) is 3.58. The molecule has 170 valence electrons. The van der Waals surface area contributed by atoms with Crippen molar-refractivity contribution < 1.29 is 9.21 Å². The van der Waals surface area contributed by atoms with Gasteiger partial charge in [0.15, 0.2) is 0 Å². The Hall–Kier alpha value is -5.12. The fourth-order valence-electron chi connectivity index (χ4n) is 3.81. The number of benzodiazepines with no additional fused rings is 1. The first-order valence-electron chi connectivity index (χ1n) is 10.8. The van der Waals surface area contributed by atoms with Crippen LogP contribution in [-0.4, -0.2) is 42.7 Å². The third-order valence-electron chi connectivity index (χ3n) is 5.51. The highest BCUT2D eigenvalue weighted by Gasteiger charge is 2.27. The van der Waals surface area contributed by atoms with Crippen molar-refractivity contribution in [3.8, 4) is 17.1 Å². The summed E-state index contributed by atoms with van der Waals surface area (Å²) in [4.78, 5) is 17.7. The molecule has 10 nitrogen and oxygen atoms in total. The van der Waals surface area contributed by atoms with Crippen LogP contribution in [0.5, 0.6) is 0 Å². The zero-order chi connectivity index (χ0) is 23.6. The molecule has 1 atom stereocenters. The molecule has 0 fully saturated rings. The Bertz CT molecular complexity index is 1510. The van der Waals surface area contributed by atoms with E-state index in [0.717, 1.165) is 22.4 Å². The SMILES string of the molecule is O=C1Nc2ccccc2C(c2ccccc2)=NC1Nc1nnc(-c2ccc(-n3cnnc3)cc2)o1. The van der Waals surface area contributed by atoms with Gasteiger partial charge in [0.05, 0.1) is 11.4 Å². The zero-order valence-electron chi connectivity index (χ0n) is 18.2. The Morgan fingerprint density at radius 1 is 0.829 bits per heavy atom. The van der Waals surface area contributed by atoms with Gasteiger partial charge >= 0.3 is 6.01 Å². The number of benzene rings is 3. The van der Waals surface area contributed by atoms with Crippen molar-refractivity contribution in [1.82, 2.24) is 25.0 Å². The van der Waals surface area contributed by atoms with Gasteiger partial charge in [0.25, 0.3) is 5.91 Å². The predicted octanol–water partition coefficient (Wildman–Crippen LogP) is 3.55. The number of carbonyl (C=O) groups is 1. The molecular weight excluding hydrogens is 444 g/mol. The number of carbonyl (C=O) groups excluding carboxylic acids is 1. The van der Waals surface area contributed by atoms with E-state index in [1.165, 1.54) is 0 Å². The number of aromatic nitrogens is 5. The number of para-hydroxylation sites is 1. The Labute approximate surface area is 199 Å². The molecule has 1 unspecified atom stereocenters. The Balaban J connectivity index is 1.29. The van der Waals surface area contributed by atoms with E-state index in [4.69, 9.17) is 9.41 Å². The van der Waals surface area contributed by atoms with E-state index in [0.29, 0.717) is 17.3 Å². The van der Waals surface area contributed by atoms with Crippen LogP contribution in [0, 0.1) is 0 Å². The minimum atomic E-state index is -0.970. The van der Waals surface area contributed by atoms with Crippen molar-refractivity contribution in [3.63, 3.8) is 0 Å². The third-order valence-corrected chi connectivity index (χ3v) is 5.51. The molecule has 0 bridgehead atoms. The molecule has 2 aromatic heterocycles. The van der Waals surface area contributed by atoms with Crippen LogP contribution >= 0.6 is 0 Å². The van der Waals surface area contributed by atoms with E-state index < -0.39 is 6.17 Å². The first-order valence-corrected chi connectivity index (χ1v) is 10.8. The zero-order valence-corrected chi connectivity index (χ0v) is 18.2. The van der Waals surface area contributed by atoms with Gasteiger partial charge in [-0.3, -0.25) is 9.36 Å². The maximum absolute atomic E-state index is 13.0. The van der Waals surface area contributed by atoms with Crippen LogP contribution in [0.25, 0.3) is 17.1 Å². The fourth-order valence-corrected chi connectivity index (χ4v) is 3.81. The number of nitrogens with zero attached hydrogens (tertiary/aromatic N) is 6. The molecule has 2 N–H and O–H groups in total. The van der Waals surface area contributed by atoms with E-state index in [1.807, 2.05) is 78.9 Å². The summed E-state index contributed by atoms with van der Waals surface area (Å²) in [6, 6.07) is 24.9. The largest absolute Gasteiger partial charge is 0.403 e. The molecule has 5 aromatic rings. The second-order valence-corrected chi connectivity index (χ2v) is 7.75. The fraction of sp³-hybridized carbons (Fsp3) is 0.0400. The molecule has 1 aliphatic rings. The first-order chi connectivity index (χ1) is 17.2. The van der Waals surface area contributed by atoms with Gasteiger partial charge in [0.2, 0.25) is 12.1 Å². The van der Waals surface area contributed by atoms with Gasteiger partial charge in [-0.2, -0.15) is 0 Å². The molecule has 35 heavy (non-hydrogen) atoms. The highest BCUT2D eigenvalue weighted by Crippen LogP contribution is 2.26. The second kappa shape index (κ2) is 8.67. The summed E-state index contributed by atoms with van der Waals surface area (Å²) >= 11 is 0. The van der Waals surface area contributed by atoms with Gasteiger partial charge < -0.3 is 15.1 Å². The van der Waals surface area contributed by atoms with Crippen molar-refractivity contribution in [2.75, 3.05) is 10.6 Å². The smallest absolute Gasteiger partial charge is 0.317 e. The maximum Gasteiger partial charge on any atom is 0.317 e. The lowest BCUT2D eigenvalue weighted by molar-refractivity contribution is -0.116. The molecule has 6 rings (SSSR count). The summed E-state index contributed by atoms with van der Waals surface area (Å²) in [7, 11) is 0. The minimum absolute atomic E-state index is 0.0881. The molecule has 0 spiro atoms. The Morgan fingerprint density at radius 3 is 2.37 bits per heavy atom. The highest BCUT2D eigenvalue weighted by atomic mass is 16.4. The van der Waals surface area contributed by atoms with Crippen molar-refractivity contribution in [2.24, 2.45) is 4.99 Å². The quantitative estimate of drug-likeness (QED) is 0.409. The minimum Gasteiger partial charge on any atom is -0.403 e. The highest BCUT2D eigenvalue weighted by molar-refractivity contribution is 6.19. The molecule has 0 aliphatic carbocycles. The number of nitrogens with one attached hydrogen (secondary N) is 2. The van der Waals surface area contributed by atoms with Crippen LogP contribution in [0.2, 0.25) is 0 Å². The summed E-state index contributed by atoms with van der Waals surface area (Å²) in [6.45, 7) is 0. The summed E-state index contributed by atoms with van der Waals surface area (Å²) in [5.41, 5.74) is 4.71. The van der Waals surface area contributed by atoms with Gasteiger partial charge in [-0.05, 0) is 30.3 Å². The number of aliphatic imine (C=N–C) groups is 1. The van der Waals surface area contributed by atoms with Gasteiger partial charge in [0.1, 0.15) is 12.7 Å². The van der Waals surface area contributed by atoms with Crippen LogP contribution < -0.4 is 10.6 Å². The summed E-state index contributed by atoms with van der Waals surface area (Å²) in [6.07, 6.45) is 2.26. The Kier molecular flexibility index (Phi) is 5.08. The number of fused-ring (bicyclic) bond motifs is 1. The molecule has 0 radical (unpaired) electrons.